The van der Waals surface area contributed by atoms with E-state index in [1.807, 2.05) is 0 Å². The zero-order chi connectivity index (χ0) is 25.7. The minimum absolute atomic E-state index is 0.0973. The normalized spacial score (nSPS) is 17.9. The molecule has 178 valence electrons. The van der Waals surface area contributed by atoms with Crippen molar-refractivity contribution in [3.63, 3.8) is 0 Å². The second-order valence-electron chi connectivity index (χ2n) is 8.97. The summed E-state index contributed by atoms with van der Waals surface area (Å²) in [5, 5.41) is 2.60. The predicted molar refractivity (Wildman–Crippen MR) is 133 cm³/mol. The molecule has 0 aromatic heterocycles. The van der Waals surface area contributed by atoms with Crippen molar-refractivity contribution in [1.29, 1.82) is 0 Å². The third-order valence-corrected chi connectivity index (χ3v) is 7.09. The lowest BCUT2D eigenvalue weighted by atomic mass is 9.76. The number of rotatable bonds is 5. The highest BCUT2D eigenvalue weighted by Crippen LogP contribution is 2.31. The van der Waals surface area contributed by atoms with Gasteiger partial charge in [0.15, 0.2) is 0 Å². The summed E-state index contributed by atoms with van der Waals surface area (Å²) in [6, 6.07) is 6.63. The van der Waals surface area contributed by atoms with Gasteiger partial charge >= 0.3 is 5.92 Å². The fourth-order valence-corrected chi connectivity index (χ4v) is 4.76. The van der Waals surface area contributed by atoms with E-state index in [-0.39, 0.29) is 43.2 Å². The Labute approximate surface area is 208 Å². The first kappa shape index (κ1) is 25.0. The predicted octanol–water partition coefficient (Wildman–Crippen LogP) is -1.71. The van der Waals surface area contributed by atoms with Crippen LogP contribution in [0.25, 0.3) is 0 Å². The van der Waals surface area contributed by atoms with Gasteiger partial charge in [-0.05, 0) is 29.7 Å². The molecule has 35 heavy (non-hydrogen) atoms. The largest absolute Gasteiger partial charge is 0.384 e. The van der Waals surface area contributed by atoms with E-state index >= 15 is 8.78 Å². The molecule has 0 spiro atoms. The Kier molecular flexibility index (Phi) is 6.53. The van der Waals surface area contributed by atoms with Crippen molar-refractivity contribution >= 4 is 69.8 Å². The Morgan fingerprint density at radius 2 is 1.89 bits per heavy atom. The van der Waals surface area contributed by atoms with E-state index < -0.39 is 29.3 Å². The molecule has 2 heterocycles. The molecule has 0 bridgehead atoms. The number of fused-ring (bicyclic) bond motifs is 1. The second-order valence-corrected chi connectivity index (χ2v) is 9.38. The molecule has 13 heteroatoms. The fourth-order valence-electron chi connectivity index (χ4n) is 4.55. The first-order chi connectivity index (χ1) is 16.4. The number of nitrogens with one attached hydrogen (secondary N) is 1. The lowest BCUT2D eigenvalue weighted by molar-refractivity contribution is -0.154. The number of imide groups is 1. The summed E-state index contributed by atoms with van der Waals surface area (Å²) in [4.78, 5) is 51.5. The van der Waals surface area contributed by atoms with Crippen molar-refractivity contribution in [2.45, 2.75) is 37.9 Å². The molecular weight excluding hydrogens is 476 g/mol. The minimum Gasteiger partial charge on any atom is -0.384 e. The van der Waals surface area contributed by atoms with Crippen LogP contribution in [0, 0.1) is 0 Å². The van der Waals surface area contributed by atoms with Crippen LogP contribution in [0.2, 0.25) is 5.02 Å². The number of carbonyl (C=O) groups excluding carboxylic acids is 4. The molecule has 1 atom stereocenters. The van der Waals surface area contributed by atoms with Crippen molar-refractivity contribution in [1.82, 2.24) is 15.0 Å². The summed E-state index contributed by atoms with van der Waals surface area (Å²) in [5.74, 6) is -6.31. The number of halogens is 3. The van der Waals surface area contributed by atoms with Crippen LogP contribution in [-0.4, -0.2) is 63.1 Å². The monoisotopic (exact) mass is 497 g/mol. The van der Waals surface area contributed by atoms with Crippen molar-refractivity contribution in [3.05, 3.63) is 57.6 Å². The summed E-state index contributed by atoms with van der Waals surface area (Å²) < 4.78 is 30.2. The number of benzene rings is 2. The van der Waals surface area contributed by atoms with E-state index in [9.17, 15) is 19.2 Å². The highest BCUT2D eigenvalue weighted by atomic mass is 35.5. The Hall–Kier alpha value is -3.14. The maximum absolute atomic E-state index is 15.1. The summed E-state index contributed by atoms with van der Waals surface area (Å²) in [7, 11) is 4.42. The van der Waals surface area contributed by atoms with Gasteiger partial charge in [0.25, 0.3) is 11.8 Å². The molecule has 4 rings (SSSR count). The van der Waals surface area contributed by atoms with Gasteiger partial charge in [0.05, 0.1) is 0 Å². The fraction of sp³-hybridized carbons (Fsp3) is 0.273. The molecule has 2 aliphatic rings. The number of hydrogen-bond acceptors (Lipinski definition) is 4. The van der Waals surface area contributed by atoms with Crippen LogP contribution < -0.4 is 16.2 Å². The quantitative estimate of drug-likeness (QED) is 0.394. The SMILES string of the molecule is Bc1c(Cl)ccc(C(F)(F)C(=O)N(B)Cc2ccc3c(c2)CN(C2CCC(=O)NC2=O)C3=O)c1B. The molecule has 1 N–H and O–H groups in total. The zero-order valence-electron chi connectivity index (χ0n) is 19.5. The van der Waals surface area contributed by atoms with E-state index in [0.29, 0.717) is 27.2 Å². The van der Waals surface area contributed by atoms with Crippen molar-refractivity contribution in [2.75, 3.05) is 0 Å². The van der Waals surface area contributed by atoms with Gasteiger partial charge in [-0.25, -0.2) is 0 Å². The topological polar surface area (TPSA) is 86.8 Å². The number of carbonyl (C=O) groups is 4. The summed E-state index contributed by atoms with van der Waals surface area (Å²) in [6.07, 6.45) is 0.392. The van der Waals surface area contributed by atoms with Crippen LogP contribution in [0.4, 0.5) is 8.78 Å². The molecule has 1 fully saturated rings. The summed E-state index contributed by atoms with van der Waals surface area (Å²) in [5.41, 5.74) is 1.96. The molecule has 1 saturated heterocycles. The smallest absolute Gasteiger partial charge is 0.348 e. The first-order valence-electron chi connectivity index (χ1n) is 11.1. The van der Waals surface area contributed by atoms with E-state index in [1.54, 1.807) is 26.0 Å². The van der Waals surface area contributed by atoms with Crippen LogP contribution in [0.15, 0.2) is 30.3 Å². The van der Waals surface area contributed by atoms with Gasteiger partial charge in [-0.15, -0.1) is 0 Å². The number of hydrogen-bond donors (Lipinski definition) is 1. The maximum Gasteiger partial charge on any atom is 0.348 e. The van der Waals surface area contributed by atoms with E-state index in [2.05, 4.69) is 5.32 Å². The molecule has 0 saturated carbocycles. The van der Waals surface area contributed by atoms with E-state index in [4.69, 9.17) is 11.6 Å². The average Bonchev–Trinajstić information content (AvgIpc) is 3.12. The highest BCUT2D eigenvalue weighted by molar-refractivity contribution is 6.55. The Morgan fingerprint density at radius 3 is 2.57 bits per heavy atom. The zero-order valence-corrected chi connectivity index (χ0v) is 20.2. The van der Waals surface area contributed by atoms with Crippen LogP contribution >= 0.6 is 11.6 Å². The van der Waals surface area contributed by atoms with Gasteiger partial charge < -0.3 is 9.71 Å². The third kappa shape index (κ3) is 4.47. The molecular formula is C22H21B3ClF2N3O4. The number of amides is 4. The molecule has 1 unspecified atom stereocenters. The van der Waals surface area contributed by atoms with Crippen LogP contribution in [0.5, 0.6) is 0 Å². The number of piperidine rings is 1. The van der Waals surface area contributed by atoms with Crippen LogP contribution in [-0.2, 0) is 33.4 Å². The lowest BCUT2D eigenvalue weighted by Gasteiger charge is -2.29. The molecule has 0 aliphatic carbocycles. The Morgan fingerprint density at radius 1 is 1.17 bits per heavy atom. The summed E-state index contributed by atoms with van der Waals surface area (Å²) >= 11 is 6.01. The van der Waals surface area contributed by atoms with Gasteiger partial charge in [-0.1, -0.05) is 40.7 Å². The second kappa shape index (κ2) is 9.15. The van der Waals surface area contributed by atoms with Crippen molar-refractivity contribution in [2.24, 2.45) is 0 Å². The van der Waals surface area contributed by atoms with Crippen LogP contribution in [0.3, 0.4) is 0 Å². The standard InChI is InChI=1S/C22H21B3ClF2N3O4/c23-17-13(3-4-14(26)18(17)24)22(27,28)21(35)31(25)8-10-1-2-12-11(7-10)9-30(20(12)34)15-5-6-16(32)29-19(15)33/h1-4,7,15H,5-6,8-9,23-25H2,(H,29,32,33). The van der Waals surface area contributed by atoms with Crippen molar-refractivity contribution in [3.8, 4) is 0 Å². The highest BCUT2D eigenvalue weighted by Gasteiger charge is 2.44. The van der Waals surface area contributed by atoms with Crippen LogP contribution in [0.1, 0.15) is 39.9 Å². The van der Waals surface area contributed by atoms with Gasteiger partial charge in [0.2, 0.25) is 19.8 Å². The van der Waals surface area contributed by atoms with Gasteiger partial charge in [0.1, 0.15) is 21.7 Å². The Bertz CT molecular complexity index is 1280. The first-order valence-corrected chi connectivity index (χ1v) is 11.5. The third-order valence-electron chi connectivity index (χ3n) is 6.68. The minimum atomic E-state index is -3.75. The van der Waals surface area contributed by atoms with Gasteiger partial charge in [0, 0.05) is 35.7 Å². The lowest BCUT2D eigenvalue weighted by Crippen LogP contribution is -2.52. The number of nitrogens with zero attached hydrogens (tertiary/aromatic N) is 2. The summed E-state index contributed by atoms with van der Waals surface area (Å²) in [6.45, 7) is 0.0608. The van der Waals surface area contributed by atoms with Crippen molar-refractivity contribution < 1.29 is 28.0 Å². The average molecular weight is 497 g/mol. The molecule has 4 amide bonds. The Balaban J connectivity index is 1.50. The van der Waals surface area contributed by atoms with E-state index in [0.717, 1.165) is 4.81 Å². The molecule has 2 aromatic rings. The van der Waals surface area contributed by atoms with E-state index in [1.165, 1.54) is 32.9 Å². The van der Waals surface area contributed by atoms with Gasteiger partial charge in [-0.3, -0.25) is 24.5 Å². The molecule has 7 nitrogen and oxygen atoms in total. The van der Waals surface area contributed by atoms with Gasteiger partial charge in [-0.2, -0.15) is 8.78 Å². The molecule has 2 aliphatic heterocycles. The molecule has 0 radical (unpaired) electrons. The maximum atomic E-state index is 15.1. The number of alkyl halides is 2. The molecule has 2 aromatic carbocycles.